The van der Waals surface area contributed by atoms with Crippen molar-refractivity contribution in [3.8, 4) is 5.75 Å². The molecule has 2 aromatic rings. The lowest BCUT2D eigenvalue weighted by Crippen LogP contribution is -2.09. The molecular formula is C17H21BrN2O. The van der Waals surface area contributed by atoms with E-state index in [1.54, 1.807) is 0 Å². The summed E-state index contributed by atoms with van der Waals surface area (Å²) in [5.41, 5.74) is 8.95. The Morgan fingerprint density at radius 3 is 2.57 bits per heavy atom. The zero-order chi connectivity index (χ0) is 15.2. The first-order valence-corrected chi connectivity index (χ1v) is 7.94. The molecular weight excluding hydrogens is 328 g/mol. The largest absolute Gasteiger partial charge is 0.491 e. The average Bonchev–Trinajstić information content (AvgIpc) is 2.49. The Morgan fingerprint density at radius 2 is 1.90 bits per heavy atom. The Morgan fingerprint density at radius 1 is 1.19 bits per heavy atom. The van der Waals surface area contributed by atoms with Crippen LogP contribution in [0.5, 0.6) is 5.75 Å². The highest BCUT2D eigenvalue weighted by atomic mass is 79.9. The Balaban J connectivity index is 2.13. The van der Waals surface area contributed by atoms with E-state index in [4.69, 9.17) is 10.5 Å². The van der Waals surface area contributed by atoms with Gasteiger partial charge in [0.05, 0.1) is 18.0 Å². The highest BCUT2D eigenvalue weighted by molar-refractivity contribution is 9.10. The number of anilines is 2. The standard InChI is InChI=1S/C17H21BrN2O/c1-3-11-21-16-6-4-5-15(17(16)19)20-12(2)13-7-9-14(18)10-8-13/h4-10,12,20H,3,11,19H2,1-2H3. The lowest BCUT2D eigenvalue weighted by atomic mass is 10.1. The topological polar surface area (TPSA) is 47.3 Å². The van der Waals surface area contributed by atoms with Crippen molar-refractivity contribution in [2.75, 3.05) is 17.7 Å². The van der Waals surface area contributed by atoms with E-state index < -0.39 is 0 Å². The molecule has 0 saturated heterocycles. The van der Waals surface area contributed by atoms with Gasteiger partial charge in [-0.3, -0.25) is 0 Å². The summed E-state index contributed by atoms with van der Waals surface area (Å²) in [4.78, 5) is 0. The summed E-state index contributed by atoms with van der Waals surface area (Å²) in [5.74, 6) is 0.741. The number of hydrogen-bond donors (Lipinski definition) is 2. The number of ether oxygens (including phenoxy) is 1. The normalized spacial score (nSPS) is 12.0. The highest BCUT2D eigenvalue weighted by Crippen LogP contribution is 2.32. The van der Waals surface area contributed by atoms with Crippen LogP contribution in [-0.4, -0.2) is 6.61 Å². The van der Waals surface area contributed by atoms with Crippen LogP contribution in [0.15, 0.2) is 46.9 Å². The van der Waals surface area contributed by atoms with Crippen molar-refractivity contribution in [3.05, 3.63) is 52.5 Å². The van der Waals surface area contributed by atoms with E-state index in [-0.39, 0.29) is 6.04 Å². The van der Waals surface area contributed by atoms with Crippen molar-refractivity contribution in [2.45, 2.75) is 26.3 Å². The van der Waals surface area contributed by atoms with Crippen molar-refractivity contribution in [2.24, 2.45) is 0 Å². The van der Waals surface area contributed by atoms with Crippen molar-refractivity contribution >= 4 is 27.3 Å². The minimum Gasteiger partial charge on any atom is -0.491 e. The molecule has 0 aliphatic heterocycles. The van der Waals surface area contributed by atoms with Crippen molar-refractivity contribution in [1.82, 2.24) is 0 Å². The van der Waals surface area contributed by atoms with Gasteiger partial charge in [-0.2, -0.15) is 0 Å². The predicted octanol–water partition coefficient (Wildman–Crippen LogP) is 4.99. The molecule has 0 bridgehead atoms. The third-order valence-corrected chi connectivity index (χ3v) is 3.80. The maximum absolute atomic E-state index is 6.18. The number of hydrogen-bond acceptors (Lipinski definition) is 3. The number of benzene rings is 2. The number of rotatable bonds is 6. The number of nitrogen functional groups attached to an aromatic ring is 1. The molecule has 0 aromatic heterocycles. The van der Waals surface area contributed by atoms with Crippen LogP contribution in [0, 0.1) is 0 Å². The monoisotopic (exact) mass is 348 g/mol. The summed E-state index contributed by atoms with van der Waals surface area (Å²) < 4.78 is 6.74. The maximum atomic E-state index is 6.18. The van der Waals surface area contributed by atoms with Crippen molar-refractivity contribution < 1.29 is 4.74 Å². The third kappa shape index (κ3) is 4.14. The number of nitrogens with one attached hydrogen (secondary N) is 1. The fraction of sp³-hybridized carbons (Fsp3) is 0.294. The zero-order valence-electron chi connectivity index (χ0n) is 12.4. The van der Waals surface area contributed by atoms with E-state index in [2.05, 4.69) is 47.2 Å². The summed E-state index contributed by atoms with van der Waals surface area (Å²) in [7, 11) is 0. The smallest absolute Gasteiger partial charge is 0.144 e. The van der Waals surface area contributed by atoms with Crippen LogP contribution in [0.2, 0.25) is 0 Å². The molecule has 0 fully saturated rings. The molecule has 0 aliphatic carbocycles. The molecule has 0 aliphatic rings. The Bertz CT molecular complexity index is 584. The first-order valence-electron chi connectivity index (χ1n) is 7.15. The van der Waals surface area contributed by atoms with Crippen LogP contribution in [0.1, 0.15) is 31.9 Å². The molecule has 2 rings (SSSR count). The Kier molecular flexibility index (Phi) is 5.51. The van der Waals surface area contributed by atoms with Gasteiger partial charge in [0.25, 0.3) is 0 Å². The predicted molar refractivity (Wildman–Crippen MR) is 92.8 cm³/mol. The SMILES string of the molecule is CCCOc1cccc(NC(C)c2ccc(Br)cc2)c1N. The van der Waals surface area contributed by atoms with Crippen molar-refractivity contribution in [3.63, 3.8) is 0 Å². The lowest BCUT2D eigenvalue weighted by molar-refractivity contribution is 0.319. The first kappa shape index (κ1) is 15.7. The van der Waals surface area contributed by atoms with Gasteiger partial charge in [-0.25, -0.2) is 0 Å². The summed E-state index contributed by atoms with van der Waals surface area (Å²) in [6.45, 7) is 4.87. The van der Waals surface area contributed by atoms with E-state index in [1.807, 2.05) is 30.3 Å². The minimum absolute atomic E-state index is 0.168. The Hall–Kier alpha value is -1.68. The second-order valence-electron chi connectivity index (χ2n) is 4.98. The molecule has 3 nitrogen and oxygen atoms in total. The van der Waals surface area contributed by atoms with E-state index in [1.165, 1.54) is 5.56 Å². The molecule has 4 heteroatoms. The minimum atomic E-state index is 0.168. The van der Waals surface area contributed by atoms with E-state index in [0.29, 0.717) is 12.3 Å². The third-order valence-electron chi connectivity index (χ3n) is 3.27. The molecule has 3 N–H and O–H groups in total. The van der Waals surface area contributed by atoms with Gasteiger partial charge in [0.15, 0.2) is 0 Å². The van der Waals surface area contributed by atoms with E-state index >= 15 is 0 Å². The van der Waals surface area contributed by atoms with Crippen LogP contribution in [0.3, 0.4) is 0 Å². The summed E-state index contributed by atoms with van der Waals surface area (Å²) in [6, 6.07) is 14.3. The molecule has 0 amide bonds. The highest BCUT2D eigenvalue weighted by Gasteiger charge is 2.10. The van der Waals surface area contributed by atoms with Gasteiger partial charge < -0.3 is 15.8 Å². The Labute approximate surface area is 134 Å². The average molecular weight is 349 g/mol. The molecule has 0 heterocycles. The number of para-hydroxylation sites is 1. The summed E-state index contributed by atoms with van der Waals surface area (Å²) >= 11 is 3.45. The molecule has 112 valence electrons. The van der Waals surface area contributed by atoms with Gasteiger partial charge in [0.1, 0.15) is 5.75 Å². The van der Waals surface area contributed by atoms with Crippen LogP contribution in [0.4, 0.5) is 11.4 Å². The van der Waals surface area contributed by atoms with Gasteiger partial charge in [-0.1, -0.05) is 41.1 Å². The van der Waals surface area contributed by atoms with Gasteiger partial charge in [-0.05, 0) is 43.2 Å². The van der Waals surface area contributed by atoms with E-state index in [0.717, 1.165) is 22.3 Å². The first-order chi connectivity index (χ1) is 10.1. The number of nitrogens with two attached hydrogens (primary N) is 1. The summed E-state index contributed by atoms with van der Waals surface area (Å²) in [5, 5.41) is 3.44. The van der Waals surface area contributed by atoms with Crippen LogP contribution < -0.4 is 15.8 Å². The zero-order valence-corrected chi connectivity index (χ0v) is 14.0. The van der Waals surface area contributed by atoms with Gasteiger partial charge >= 0.3 is 0 Å². The fourth-order valence-electron chi connectivity index (χ4n) is 2.08. The fourth-order valence-corrected chi connectivity index (χ4v) is 2.34. The molecule has 0 saturated carbocycles. The van der Waals surface area contributed by atoms with E-state index in [9.17, 15) is 0 Å². The van der Waals surface area contributed by atoms with Crippen LogP contribution in [-0.2, 0) is 0 Å². The van der Waals surface area contributed by atoms with Gasteiger partial charge in [0.2, 0.25) is 0 Å². The number of halogens is 1. The lowest BCUT2D eigenvalue weighted by Gasteiger charge is -2.19. The summed E-state index contributed by atoms with van der Waals surface area (Å²) in [6.07, 6.45) is 0.965. The molecule has 1 unspecified atom stereocenters. The van der Waals surface area contributed by atoms with Gasteiger partial charge in [0, 0.05) is 10.5 Å². The van der Waals surface area contributed by atoms with Crippen LogP contribution >= 0.6 is 15.9 Å². The van der Waals surface area contributed by atoms with Crippen LogP contribution in [0.25, 0.3) is 0 Å². The molecule has 21 heavy (non-hydrogen) atoms. The second kappa shape index (κ2) is 7.36. The molecule has 1 atom stereocenters. The van der Waals surface area contributed by atoms with Crippen molar-refractivity contribution in [1.29, 1.82) is 0 Å². The van der Waals surface area contributed by atoms with Gasteiger partial charge in [-0.15, -0.1) is 0 Å². The second-order valence-corrected chi connectivity index (χ2v) is 5.90. The maximum Gasteiger partial charge on any atom is 0.144 e. The quantitative estimate of drug-likeness (QED) is 0.722. The molecule has 0 spiro atoms. The molecule has 2 aromatic carbocycles. The molecule has 0 radical (unpaired) electrons.